The average molecular weight is 210 g/mol. The smallest absolute Gasteiger partial charge is 0.395 e. The Morgan fingerprint density at radius 1 is 1.62 bits per heavy atom. The fraction of sp³-hybridized carbons (Fsp3) is 1.00. The number of hydrogen-bond donors (Lipinski definition) is 2. The molecule has 78 valence electrons. The number of β-amino-alcohol motifs (C(OH)–C–C–N with tert-alkyl or cyclic N) is 1. The zero-order chi connectivity index (χ0) is 9.73. The lowest BCUT2D eigenvalue weighted by molar-refractivity contribution is 0.101. The van der Waals surface area contributed by atoms with Gasteiger partial charge in [0.15, 0.2) is 6.29 Å². The van der Waals surface area contributed by atoms with Crippen molar-refractivity contribution in [2.75, 3.05) is 39.2 Å². The Morgan fingerprint density at radius 2 is 2.38 bits per heavy atom. The van der Waals surface area contributed by atoms with E-state index in [1.54, 1.807) is 0 Å². The van der Waals surface area contributed by atoms with E-state index < -0.39 is 7.94 Å². The minimum Gasteiger partial charge on any atom is -0.395 e. The van der Waals surface area contributed by atoms with Gasteiger partial charge >= 0.3 is 7.94 Å². The van der Waals surface area contributed by atoms with Gasteiger partial charge in [-0.25, -0.2) is 0 Å². The Labute approximate surface area is 78.8 Å². The molecule has 0 amide bonds. The number of hydrogen-bond acceptors (Lipinski definition) is 5. The monoisotopic (exact) mass is 210 g/mol. The van der Waals surface area contributed by atoms with Crippen LogP contribution in [0.5, 0.6) is 0 Å². The molecule has 1 unspecified atom stereocenters. The van der Waals surface area contributed by atoms with E-state index in [0.717, 1.165) is 6.54 Å². The van der Waals surface area contributed by atoms with Gasteiger partial charge in [-0.15, -0.1) is 0 Å². The van der Waals surface area contributed by atoms with E-state index in [9.17, 15) is 4.89 Å². The third kappa shape index (κ3) is 3.46. The first-order chi connectivity index (χ1) is 6.20. The summed E-state index contributed by atoms with van der Waals surface area (Å²) in [5.41, 5.74) is 0. The topological polar surface area (TPSA) is 62.2 Å². The summed E-state index contributed by atoms with van der Waals surface area (Å²) in [7, 11) is -2.63. The third-order valence-electron chi connectivity index (χ3n) is 1.83. The predicted octanol–water partition coefficient (Wildman–Crippen LogP) is 0.0598. The summed E-state index contributed by atoms with van der Waals surface area (Å²) < 4.78 is 10.4. The molecule has 0 aromatic carbocycles. The number of aliphatic hydroxyl groups is 1. The molecule has 6 heteroatoms. The Morgan fingerprint density at radius 3 is 3.00 bits per heavy atom. The molecule has 0 spiro atoms. The Balaban J connectivity index is 2.39. The van der Waals surface area contributed by atoms with Gasteiger partial charge in [0.1, 0.15) is 6.61 Å². The lowest BCUT2D eigenvalue weighted by atomic mass is 10.5. The standard InChI is InChI=1S/C7H17NO4P/c1-2-11-13(10)7-8(3-5-9)4-6-12-13/h9-10H,2-7H2,1H3/q+1. The van der Waals surface area contributed by atoms with Crippen LogP contribution >= 0.6 is 7.94 Å². The van der Waals surface area contributed by atoms with Crippen LogP contribution in [0.25, 0.3) is 0 Å². The van der Waals surface area contributed by atoms with Crippen LogP contribution in [-0.4, -0.2) is 54.1 Å². The van der Waals surface area contributed by atoms with E-state index in [-0.39, 0.29) is 6.61 Å². The first kappa shape index (κ1) is 11.3. The SMILES string of the molecule is CCO[P+]1(O)CN(CCO)CCO1. The fourth-order valence-electron chi connectivity index (χ4n) is 1.28. The highest BCUT2D eigenvalue weighted by Crippen LogP contribution is 2.58. The molecule has 2 N–H and O–H groups in total. The summed E-state index contributed by atoms with van der Waals surface area (Å²) in [5, 5.41) is 8.73. The summed E-state index contributed by atoms with van der Waals surface area (Å²) in [5.74, 6) is 0. The predicted molar refractivity (Wildman–Crippen MR) is 50.2 cm³/mol. The van der Waals surface area contributed by atoms with Crippen molar-refractivity contribution in [1.82, 2.24) is 4.90 Å². The Hall–Kier alpha value is 0.230. The minimum atomic E-state index is -2.63. The van der Waals surface area contributed by atoms with Crippen molar-refractivity contribution >= 4 is 7.94 Å². The molecule has 0 aliphatic carbocycles. The number of nitrogens with zero attached hydrogens (tertiary/aromatic N) is 1. The second-order valence-electron chi connectivity index (χ2n) is 2.87. The Bertz CT molecular complexity index is 153. The van der Waals surface area contributed by atoms with Crippen LogP contribution in [0.15, 0.2) is 0 Å². The molecular weight excluding hydrogens is 193 g/mol. The first-order valence-electron chi connectivity index (χ1n) is 4.43. The van der Waals surface area contributed by atoms with Crippen LogP contribution in [-0.2, 0) is 9.05 Å². The van der Waals surface area contributed by atoms with Gasteiger partial charge in [0.25, 0.3) is 0 Å². The summed E-state index contributed by atoms with van der Waals surface area (Å²) in [6.07, 6.45) is 0.404. The van der Waals surface area contributed by atoms with Gasteiger partial charge in [-0.1, -0.05) is 0 Å². The van der Waals surface area contributed by atoms with Gasteiger partial charge in [0, 0.05) is 13.1 Å². The third-order valence-corrected chi connectivity index (χ3v) is 3.83. The molecule has 0 aromatic rings. The molecule has 1 saturated heterocycles. The molecule has 13 heavy (non-hydrogen) atoms. The zero-order valence-electron chi connectivity index (χ0n) is 7.85. The van der Waals surface area contributed by atoms with Crippen LogP contribution in [0.2, 0.25) is 0 Å². The minimum absolute atomic E-state index is 0.103. The fourth-order valence-corrected chi connectivity index (χ4v) is 3.08. The maximum absolute atomic E-state index is 9.81. The molecule has 1 rings (SSSR count). The summed E-state index contributed by atoms with van der Waals surface area (Å²) in [4.78, 5) is 11.8. The van der Waals surface area contributed by atoms with Crippen LogP contribution in [0.1, 0.15) is 6.92 Å². The molecular formula is C7H17NO4P+. The highest BCUT2D eigenvalue weighted by atomic mass is 31.2. The first-order valence-corrected chi connectivity index (χ1v) is 6.19. The normalized spacial score (nSPS) is 30.7. The van der Waals surface area contributed by atoms with Crippen molar-refractivity contribution in [3.8, 4) is 0 Å². The number of rotatable bonds is 4. The van der Waals surface area contributed by atoms with Crippen molar-refractivity contribution in [1.29, 1.82) is 0 Å². The van der Waals surface area contributed by atoms with Crippen LogP contribution in [0.4, 0.5) is 0 Å². The van der Waals surface area contributed by atoms with E-state index in [1.165, 1.54) is 0 Å². The lowest BCUT2D eigenvalue weighted by Crippen LogP contribution is -2.37. The van der Waals surface area contributed by atoms with Gasteiger partial charge < -0.3 is 5.11 Å². The second-order valence-corrected chi connectivity index (χ2v) is 4.95. The summed E-state index contributed by atoms with van der Waals surface area (Å²) >= 11 is 0. The van der Waals surface area contributed by atoms with Crippen molar-refractivity contribution in [3.05, 3.63) is 0 Å². The largest absolute Gasteiger partial charge is 0.424 e. The van der Waals surface area contributed by atoms with Crippen molar-refractivity contribution < 1.29 is 19.0 Å². The molecule has 0 aromatic heterocycles. The highest BCUT2D eigenvalue weighted by molar-refractivity contribution is 7.60. The molecule has 5 nitrogen and oxygen atoms in total. The molecule has 1 aliphatic rings. The van der Waals surface area contributed by atoms with E-state index in [2.05, 4.69) is 0 Å². The second kappa shape index (κ2) is 5.20. The van der Waals surface area contributed by atoms with E-state index in [0.29, 0.717) is 26.0 Å². The molecule has 1 heterocycles. The van der Waals surface area contributed by atoms with Crippen LogP contribution in [0, 0.1) is 0 Å². The highest BCUT2D eigenvalue weighted by Gasteiger charge is 2.45. The van der Waals surface area contributed by atoms with Gasteiger partial charge in [0.05, 0.1) is 13.2 Å². The van der Waals surface area contributed by atoms with Crippen LogP contribution < -0.4 is 0 Å². The maximum Gasteiger partial charge on any atom is 0.424 e. The maximum atomic E-state index is 9.81. The van der Waals surface area contributed by atoms with Crippen LogP contribution in [0.3, 0.4) is 0 Å². The molecule has 0 bridgehead atoms. The van der Waals surface area contributed by atoms with Crippen molar-refractivity contribution in [2.45, 2.75) is 6.92 Å². The quantitative estimate of drug-likeness (QED) is 0.642. The molecule has 0 saturated carbocycles. The zero-order valence-corrected chi connectivity index (χ0v) is 8.74. The summed E-state index contributed by atoms with van der Waals surface area (Å²) in [6.45, 7) is 4.18. The molecule has 1 aliphatic heterocycles. The molecule has 1 fully saturated rings. The van der Waals surface area contributed by atoms with Gasteiger partial charge in [-0.3, -0.25) is 4.90 Å². The van der Waals surface area contributed by atoms with Crippen molar-refractivity contribution in [2.24, 2.45) is 0 Å². The van der Waals surface area contributed by atoms with Gasteiger partial charge in [0.2, 0.25) is 0 Å². The number of aliphatic hydroxyl groups excluding tert-OH is 1. The average Bonchev–Trinajstić information content (AvgIpc) is 2.04. The van der Waals surface area contributed by atoms with Gasteiger partial charge in [-0.2, -0.15) is 13.9 Å². The van der Waals surface area contributed by atoms with E-state index in [4.69, 9.17) is 14.2 Å². The lowest BCUT2D eigenvalue weighted by Gasteiger charge is -2.29. The summed E-state index contributed by atoms with van der Waals surface area (Å²) in [6, 6.07) is 0. The Kier molecular flexibility index (Phi) is 4.52. The molecule has 0 radical (unpaired) electrons. The molecule has 1 atom stereocenters. The van der Waals surface area contributed by atoms with E-state index >= 15 is 0 Å². The van der Waals surface area contributed by atoms with Gasteiger partial charge in [-0.05, 0) is 6.92 Å². The van der Waals surface area contributed by atoms with Crippen molar-refractivity contribution in [3.63, 3.8) is 0 Å². The van der Waals surface area contributed by atoms with E-state index in [1.807, 2.05) is 11.8 Å².